The Labute approximate surface area is 161 Å². The number of nitrogens with one attached hydrogen (secondary N) is 2. The van der Waals surface area contributed by atoms with Crippen molar-refractivity contribution < 1.29 is 17.9 Å². The van der Waals surface area contributed by atoms with Crippen LogP contribution in [0.25, 0.3) is 0 Å². The molecule has 2 aliphatic heterocycles. The van der Waals surface area contributed by atoms with Gasteiger partial charge in [-0.25, -0.2) is 0 Å². The lowest BCUT2D eigenvalue weighted by molar-refractivity contribution is -0.143. The molecule has 0 aliphatic carbocycles. The SMILES string of the molecule is CCNC(=NCC1CCCOC1C(C)(C)C)NC1CCN(CC(F)(F)F)C1. The molecule has 2 heterocycles. The van der Waals surface area contributed by atoms with Crippen molar-refractivity contribution in [3.8, 4) is 0 Å². The van der Waals surface area contributed by atoms with E-state index in [4.69, 9.17) is 9.73 Å². The standard InChI is InChI=1S/C19H35F3N4O/c1-5-23-17(25-15-8-9-26(12-15)13-19(20,21)22)24-11-14-7-6-10-27-16(14)18(2,3)4/h14-16H,5-13H2,1-4H3,(H2,23,24,25). The molecule has 0 radical (unpaired) electrons. The Morgan fingerprint density at radius 1 is 1.22 bits per heavy atom. The summed E-state index contributed by atoms with van der Waals surface area (Å²) < 4.78 is 43.7. The van der Waals surface area contributed by atoms with Gasteiger partial charge in [0.05, 0.1) is 12.6 Å². The van der Waals surface area contributed by atoms with Gasteiger partial charge in [-0.1, -0.05) is 20.8 Å². The minimum Gasteiger partial charge on any atom is -0.377 e. The molecule has 2 saturated heterocycles. The van der Waals surface area contributed by atoms with Crippen LogP contribution < -0.4 is 10.6 Å². The summed E-state index contributed by atoms with van der Waals surface area (Å²) in [6.07, 6.45) is -1.14. The van der Waals surface area contributed by atoms with Crippen molar-refractivity contribution in [1.82, 2.24) is 15.5 Å². The third-order valence-electron chi connectivity index (χ3n) is 5.14. The van der Waals surface area contributed by atoms with Gasteiger partial charge >= 0.3 is 6.18 Å². The van der Waals surface area contributed by atoms with Gasteiger partial charge < -0.3 is 15.4 Å². The monoisotopic (exact) mass is 392 g/mol. The molecule has 0 saturated carbocycles. The molecule has 158 valence electrons. The lowest BCUT2D eigenvalue weighted by Crippen LogP contribution is -2.46. The number of guanidine groups is 1. The van der Waals surface area contributed by atoms with Crippen LogP contribution in [0.2, 0.25) is 0 Å². The van der Waals surface area contributed by atoms with Gasteiger partial charge in [-0.2, -0.15) is 13.2 Å². The quantitative estimate of drug-likeness (QED) is 0.558. The normalized spacial score (nSPS) is 28.4. The van der Waals surface area contributed by atoms with Gasteiger partial charge in [0, 0.05) is 44.7 Å². The number of hydrogen-bond donors (Lipinski definition) is 2. The van der Waals surface area contributed by atoms with Crippen LogP contribution in [0.3, 0.4) is 0 Å². The molecule has 2 rings (SSSR count). The van der Waals surface area contributed by atoms with Crippen LogP contribution in [-0.2, 0) is 4.74 Å². The number of alkyl halides is 3. The second kappa shape index (κ2) is 9.45. The molecular weight excluding hydrogens is 357 g/mol. The Hall–Kier alpha value is -1.02. The van der Waals surface area contributed by atoms with E-state index in [1.54, 1.807) is 0 Å². The minimum atomic E-state index is -4.14. The average Bonchev–Trinajstić information content (AvgIpc) is 2.97. The highest BCUT2D eigenvalue weighted by Crippen LogP contribution is 2.34. The van der Waals surface area contributed by atoms with Crippen LogP contribution in [0, 0.1) is 11.3 Å². The van der Waals surface area contributed by atoms with E-state index in [1.165, 1.54) is 4.90 Å². The van der Waals surface area contributed by atoms with Gasteiger partial charge in [0.1, 0.15) is 0 Å². The van der Waals surface area contributed by atoms with E-state index in [2.05, 4.69) is 31.4 Å². The van der Waals surface area contributed by atoms with Crippen molar-refractivity contribution in [1.29, 1.82) is 0 Å². The Morgan fingerprint density at radius 2 is 1.96 bits per heavy atom. The first-order valence-corrected chi connectivity index (χ1v) is 10.0. The number of rotatable bonds is 5. The molecule has 0 amide bonds. The molecule has 5 nitrogen and oxygen atoms in total. The summed E-state index contributed by atoms with van der Waals surface area (Å²) in [6, 6.07) is -0.00818. The highest BCUT2D eigenvalue weighted by atomic mass is 19.4. The summed E-state index contributed by atoms with van der Waals surface area (Å²) in [7, 11) is 0. The topological polar surface area (TPSA) is 48.9 Å². The first-order chi connectivity index (χ1) is 12.6. The molecule has 0 aromatic rings. The molecule has 3 atom stereocenters. The highest BCUT2D eigenvalue weighted by Gasteiger charge is 2.36. The zero-order valence-electron chi connectivity index (χ0n) is 17.0. The first-order valence-electron chi connectivity index (χ1n) is 10.0. The molecule has 0 bridgehead atoms. The van der Waals surface area contributed by atoms with Crippen LogP contribution in [0.4, 0.5) is 13.2 Å². The second-order valence-corrected chi connectivity index (χ2v) is 8.76. The van der Waals surface area contributed by atoms with Crippen molar-refractivity contribution >= 4 is 5.96 Å². The molecule has 2 N–H and O–H groups in total. The molecule has 3 unspecified atom stereocenters. The van der Waals surface area contributed by atoms with Gasteiger partial charge in [0.2, 0.25) is 0 Å². The van der Waals surface area contributed by atoms with Crippen LogP contribution in [0.15, 0.2) is 4.99 Å². The van der Waals surface area contributed by atoms with E-state index in [0.29, 0.717) is 44.5 Å². The van der Waals surface area contributed by atoms with Crippen molar-refractivity contribution in [2.75, 3.05) is 39.3 Å². The Balaban J connectivity index is 1.92. The molecule has 2 aliphatic rings. The molecule has 8 heteroatoms. The predicted molar refractivity (Wildman–Crippen MR) is 102 cm³/mol. The molecule has 0 spiro atoms. The van der Waals surface area contributed by atoms with E-state index in [0.717, 1.165) is 19.4 Å². The maximum absolute atomic E-state index is 12.6. The fourth-order valence-electron chi connectivity index (χ4n) is 4.06. The van der Waals surface area contributed by atoms with E-state index < -0.39 is 12.7 Å². The van der Waals surface area contributed by atoms with Crippen LogP contribution in [0.1, 0.15) is 47.0 Å². The van der Waals surface area contributed by atoms with Crippen LogP contribution >= 0.6 is 0 Å². The van der Waals surface area contributed by atoms with Gasteiger partial charge in [-0.15, -0.1) is 0 Å². The molecular formula is C19H35F3N4O. The summed E-state index contributed by atoms with van der Waals surface area (Å²) >= 11 is 0. The van der Waals surface area contributed by atoms with E-state index in [9.17, 15) is 13.2 Å². The predicted octanol–water partition coefficient (Wildman–Crippen LogP) is 3.02. The van der Waals surface area contributed by atoms with Crippen LogP contribution in [-0.4, -0.2) is 68.5 Å². The number of likely N-dealkylation sites (tertiary alicyclic amines) is 1. The summed E-state index contributed by atoms with van der Waals surface area (Å²) in [5.74, 6) is 1.05. The van der Waals surface area contributed by atoms with Gasteiger partial charge in [-0.3, -0.25) is 9.89 Å². The summed E-state index contributed by atoms with van der Waals surface area (Å²) in [5, 5.41) is 6.54. The first kappa shape index (κ1) is 22.3. The summed E-state index contributed by atoms with van der Waals surface area (Å²) in [6.45, 7) is 10.8. The maximum atomic E-state index is 12.6. The van der Waals surface area contributed by atoms with Crippen molar-refractivity contribution in [3.05, 3.63) is 0 Å². The molecule has 2 fully saturated rings. The second-order valence-electron chi connectivity index (χ2n) is 8.76. The zero-order valence-corrected chi connectivity index (χ0v) is 17.0. The largest absolute Gasteiger partial charge is 0.401 e. The fraction of sp³-hybridized carbons (Fsp3) is 0.947. The maximum Gasteiger partial charge on any atom is 0.401 e. The Morgan fingerprint density at radius 3 is 2.59 bits per heavy atom. The molecule has 27 heavy (non-hydrogen) atoms. The number of aliphatic imine (C=N–C) groups is 1. The van der Waals surface area contributed by atoms with Gasteiger partial charge in [0.25, 0.3) is 0 Å². The van der Waals surface area contributed by atoms with Crippen LogP contribution in [0.5, 0.6) is 0 Å². The van der Waals surface area contributed by atoms with E-state index in [-0.39, 0.29) is 17.6 Å². The smallest absolute Gasteiger partial charge is 0.377 e. The lowest BCUT2D eigenvalue weighted by atomic mass is 9.78. The number of ether oxygens (including phenoxy) is 1. The summed E-state index contributed by atoms with van der Waals surface area (Å²) in [5.41, 5.74) is 0.0654. The molecule has 0 aromatic carbocycles. The van der Waals surface area contributed by atoms with Crippen molar-refractivity contribution in [3.63, 3.8) is 0 Å². The van der Waals surface area contributed by atoms with E-state index in [1.807, 2.05) is 6.92 Å². The third kappa shape index (κ3) is 7.49. The van der Waals surface area contributed by atoms with E-state index >= 15 is 0 Å². The lowest BCUT2D eigenvalue weighted by Gasteiger charge is -2.39. The Kier molecular flexibility index (Phi) is 7.80. The number of hydrogen-bond acceptors (Lipinski definition) is 3. The average molecular weight is 393 g/mol. The Bertz CT molecular complexity index is 490. The van der Waals surface area contributed by atoms with Crippen molar-refractivity contribution in [2.24, 2.45) is 16.3 Å². The number of halogens is 3. The van der Waals surface area contributed by atoms with Gasteiger partial charge in [0.15, 0.2) is 5.96 Å². The minimum absolute atomic E-state index is 0.00818. The summed E-state index contributed by atoms with van der Waals surface area (Å²) in [4.78, 5) is 6.19. The third-order valence-corrected chi connectivity index (χ3v) is 5.14. The molecule has 0 aromatic heterocycles. The van der Waals surface area contributed by atoms with Crippen molar-refractivity contribution in [2.45, 2.75) is 65.3 Å². The zero-order chi connectivity index (χ0) is 20.1. The number of nitrogens with zero attached hydrogens (tertiary/aromatic N) is 2. The highest BCUT2D eigenvalue weighted by molar-refractivity contribution is 5.80. The van der Waals surface area contributed by atoms with Gasteiger partial charge in [-0.05, 0) is 31.6 Å². The fourth-order valence-corrected chi connectivity index (χ4v) is 4.06.